The number of rotatable bonds is 6. The summed E-state index contributed by atoms with van der Waals surface area (Å²) in [6.07, 6.45) is 9.95. The molecule has 0 bridgehead atoms. The van der Waals surface area contributed by atoms with Crippen LogP contribution in [0.1, 0.15) is 38.5 Å². The minimum atomic E-state index is 0.610. The lowest BCUT2D eigenvalue weighted by Gasteiger charge is -2.09. The molecule has 0 aliphatic heterocycles. The standard InChI is InChI=1S/C13H21N3O/c1-17-12-8-10-15-13(16-12)14-9-4-7-11-5-2-3-6-11/h8,10-11H,2-7,9H2,1H3,(H,14,15,16). The van der Waals surface area contributed by atoms with Crippen LogP contribution in [-0.2, 0) is 0 Å². The summed E-state index contributed by atoms with van der Waals surface area (Å²) in [5.41, 5.74) is 0. The fraction of sp³-hybridized carbons (Fsp3) is 0.692. The van der Waals surface area contributed by atoms with Crippen LogP contribution in [0, 0.1) is 5.92 Å². The maximum Gasteiger partial charge on any atom is 0.225 e. The summed E-state index contributed by atoms with van der Waals surface area (Å²) in [6.45, 7) is 0.948. The second-order valence-corrected chi connectivity index (χ2v) is 4.64. The zero-order valence-electron chi connectivity index (χ0n) is 10.5. The normalized spacial score (nSPS) is 16.1. The Labute approximate surface area is 103 Å². The average molecular weight is 235 g/mol. The van der Waals surface area contributed by atoms with Crippen molar-refractivity contribution in [2.45, 2.75) is 38.5 Å². The number of hydrogen-bond donors (Lipinski definition) is 1. The second-order valence-electron chi connectivity index (χ2n) is 4.64. The molecule has 4 heteroatoms. The van der Waals surface area contributed by atoms with E-state index in [1.54, 1.807) is 19.4 Å². The predicted octanol–water partition coefficient (Wildman–Crippen LogP) is 2.87. The largest absolute Gasteiger partial charge is 0.481 e. The van der Waals surface area contributed by atoms with Gasteiger partial charge in [-0.1, -0.05) is 25.7 Å². The van der Waals surface area contributed by atoms with E-state index in [0.717, 1.165) is 12.5 Å². The van der Waals surface area contributed by atoms with E-state index < -0.39 is 0 Å². The van der Waals surface area contributed by atoms with Crippen LogP contribution in [0.2, 0.25) is 0 Å². The van der Waals surface area contributed by atoms with Gasteiger partial charge < -0.3 is 10.1 Å². The topological polar surface area (TPSA) is 47.0 Å². The van der Waals surface area contributed by atoms with Crippen molar-refractivity contribution < 1.29 is 4.74 Å². The van der Waals surface area contributed by atoms with E-state index >= 15 is 0 Å². The Hall–Kier alpha value is -1.32. The van der Waals surface area contributed by atoms with Gasteiger partial charge in [-0.25, -0.2) is 4.98 Å². The van der Waals surface area contributed by atoms with Crippen molar-refractivity contribution in [3.8, 4) is 5.88 Å². The smallest absolute Gasteiger partial charge is 0.225 e. The molecule has 1 aliphatic rings. The number of aromatic nitrogens is 2. The van der Waals surface area contributed by atoms with Crippen LogP contribution < -0.4 is 10.1 Å². The first-order valence-corrected chi connectivity index (χ1v) is 6.49. The molecule has 0 saturated heterocycles. The van der Waals surface area contributed by atoms with Gasteiger partial charge in [0.05, 0.1) is 7.11 Å². The van der Waals surface area contributed by atoms with Gasteiger partial charge in [0.25, 0.3) is 0 Å². The first-order valence-electron chi connectivity index (χ1n) is 6.49. The van der Waals surface area contributed by atoms with Gasteiger partial charge in [0, 0.05) is 18.8 Å². The van der Waals surface area contributed by atoms with Crippen LogP contribution >= 0.6 is 0 Å². The molecule has 1 fully saturated rings. The van der Waals surface area contributed by atoms with Gasteiger partial charge in [0.2, 0.25) is 11.8 Å². The molecule has 0 amide bonds. The van der Waals surface area contributed by atoms with Crippen molar-refractivity contribution in [1.29, 1.82) is 0 Å². The van der Waals surface area contributed by atoms with E-state index in [2.05, 4.69) is 15.3 Å². The molecule has 94 valence electrons. The second kappa shape index (κ2) is 6.42. The first-order chi connectivity index (χ1) is 8.38. The molecule has 1 aliphatic carbocycles. The van der Waals surface area contributed by atoms with Crippen LogP contribution in [0.4, 0.5) is 5.95 Å². The SMILES string of the molecule is COc1ccnc(NCCCC2CCCC2)n1. The van der Waals surface area contributed by atoms with Gasteiger partial charge >= 0.3 is 0 Å². The Morgan fingerprint density at radius 1 is 1.41 bits per heavy atom. The monoisotopic (exact) mass is 235 g/mol. The summed E-state index contributed by atoms with van der Waals surface area (Å²) in [4.78, 5) is 8.37. The highest BCUT2D eigenvalue weighted by Crippen LogP contribution is 2.28. The molecule has 0 spiro atoms. The van der Waals surface area contributed by atoms with E-state index in [1.165, 1.54) is 38.5 Å². The summed E-state index contributed by atoms with van der Waals surface area (Å²) in [5.74, 6) is 2.23. The highest BCUT2D eigenvalue weighted by molar-refractivity contribution is 5.26. The van der Waals surface area contributed by atoms with Crippen molar-refractivity contribution >= 4 is 5.95 Å². The van der Waals surface area contributed by atoms with Crippen molar-refractivity contribution in [3.05, 3.63) is 12.3 Å². The number of methoxy groups -OCH3 is 1. The Balaban J connectivity index is 1.66. The minimum Gasteiger partial charge on any atom is -0.481 e. The van der Waals surface area contributed by atoms with Gasteiger partial charge in [0.15, 0.2) is 0 Å². The lowest BCUT2D eigenvalue weighted by Crippen LogP contribution is -2.07. The molecule has 0 atom stereocenters. The molecule has 1 saturated carbocycles. The van der Waals surface area contributed by atoms with Crippen molar-refractivity contribution in [3.63, 3.8) is 0 Å². The van der Waals surface area contributed by atoms with E-state index in [4.69, 9.17) is 4.74 Å². The first kappa shape index (κ1) is 12.1. The third-order valence-corrected chi connectivity index (χ3v) is 3.39. The number of nitrogens with zero attached hydrogens (tertiary/aromatic N) is 2. The third kappa shape index (κ3) is 3.88. The lowest BCUT2D eigenvalue weighted by atomic mass is 10.0. The molecule has 1 N–H and O–H groups in total. The summed E-state index contributed by atoms with van der Waals surface area (Å²) in [7, 11) is 1.62. The van der Waals surface area contributed by atoms with Gasteiger partial charge in [0.1, 0.15) is 0 Å². The van der Waals surface area contributed by atoms with Crippen LogP contribution in [0.5, 0.6) is 5.88 Å². The average Bonchev–Trinajstić information content (AvgIpc) is 2.88. The molecular weight excluding hydrogens is 214 g/mol. The Bertz CT molecular complexity index is 337. The Morgan fingerprint density at radius 3 is 3.00 bits per heavy atom. The minimum absolute atomic E-state index is 0.610. The maximum atomic E-state index is 5.05. The molecule has 1 heterocycles. The Kier molecular flexibility index (Phi) is 4.59. The molecule has 1 aromatic heterocycles. The molecule has 2 rings (SSSR count). The van der Waals surface area contributed by atoms with Gasteiger partial charge in [-0.2, -0.15) is 4.98 Å². The molecule has 1 aromatic rings. The quantitative estimate of drug-likeness (QED) is 0.770. The summed E-state index contributed by atoms with van der Waals surface area (Å²) < 4.78 is 5.05. The molecule has 0 aromatic carbocycles. The molecule has 0 unspecified atom stereocenters. The van der Waals surface area contributed by atoms with E-state index in [-0.39, 0.29) is 0 Å². The van der Waals surface area contributed by atoms with Crippen LogP contribution in [-0.4, -0.2) is 23.6 Å². The molecular formula is C13H21N3O. The fourth-order valence-corrected chi connectivity index (χ4v) is 2.43. The van der Waals surface area contributed by atoms with Gasteiger partial charge in [-0.05, 0) is 18.8 Å². The predicted molar refractivity (Wildman–Crippen MR) is 68.3 cm³/mol. The number of nitrogens with one attached hydrogen (secondary N) is 1. The summed E-state index contributed by atoms with van der Waals surface area (Å²) in [5, 5.41) is 3.24. The van der Waals surface area contributed by atoms with Crippen LogP contribution in [0.15, 0.2) is 12.3 Å². The molecule has 0 radical (unpaired) electrons. The van der Waals surface area contributed by atoms with Crippen molar-refractivity contribution in [2.24, 2.45) is 5.92 Å². The molecule has 17 heavy (non-hydrogen) atoms. The number of hydrogen-bond acceptors (Lipinski definition) is 4. The lowest BCUT2D eigenvalue weighted by molar-refractivity contribution is 0.397. The van der Waals surface area contributed by atoms with Crippen LogP contribution in [0.3, 0.4) is 0 Å². The van der Waals surface area contributed by atoms with Gasteiger partial charge in [-0.3, -0.25) is 0 Å². The highest BCUT2D eigenvalue weighted by atomic mass is 16.5. The van der Waals surface area contributed by atoms with E-state index in [1.807, 2.05) is 0 Å². The zero-order chi connectivity index (χ0) is 11.9. The summed E-state index contributed by atoms with van der Waals surface area (Å²) >= 11 is 0. The highest BCUT2D eigenvalue weighted by Gasteiger charge is 2.13. The number of anilines is 1. The number of ether oxygens (including phenoxy) is 1. The van der Waals surface area contributed by atoms with Crippen LogP contribution in [0.25, 0.3) is 0 Å². The third-order valence-electron chi connectivity index (χ3n) is 3.39. The van der Waals surface area contributed by atoms with E-state index in [9.17, 15) is 0 Å². The maximum absolute atomic E-state index is 5.05. The van der Waals surface area contributed by atoms with E-state index in [0.29, 0.717) is 11.8 Å². The Morgan fingerprint density at radius 2 is 2.24 bits per heavy atom. The summed E-state index contributed by atoms with van der Waals surface area (Å²) in [6, 6.07) is 1.75. The van der Waals surface area contributed by atoms with Crippen molar-refractivity contribution in [1.82, 2.24) is 9.97 Å². The van der Waals surface area contributed by atoms with Crippen molar-refractivity contribution in [2.75, 3.05) is 19.0 Å². The molecule has 4 nitrogen and oxygen atoms in total. The fourth-order valence-electron chi connectivity index (χ4n) is 2.43. The zero-order valence-corrected chi connectivity index (χ0v) is 10.5. The van der Waals surface area contributed by atoms with Gasteiger partial charge in [-0.15, -0.1) is 0 Å².